The lowest BCUT2D eigenvalue weighted by atomic mass is 10.2. The van der Waals surface area contributed by atoms with Crippen LogP contribution in [0.1, 0.15) is 5.56 Å². The van der Waals surface area contributed by atoms with Crippen molar-refractivity contribution in [2.24, 2.45) is 0 Å². The lowest BCUT2D eigenvalue weighted by Gasteiger charge is -2.24. The lowest BCUT2D eigenvalue weighted by Crippen LogP contribution is -3.61. The Balaban J connectivity index is 1.92. The monoisotopic (exact) mass is 584 g/mol. The van der Waals surface area contributed by atoms with Gasteiger partial charge in [0.1, 0.15) is 15.9 Å². The maximum absolute atomic E-state index is 12.1. The Bertz CT molecular complexity index is 1290. The molecule has 5 aromatic rings. The fourth-order valence-corrected chi connectivity index (χ4v) is 14.5. The molecule has 0 unspecified atom stereocenters. The zero-order valence-electron chi connectivity index (χ0n) is 19.2. The molecule has 0 atom stereocenters. The van der Waals surface area contributed by atoms with Gasteiger partial charge in [-0.25, -0.2) is 0 Å². The van der Waals surface area contributed by atoms with Gasteiger partial charge in [0.05, 0.1) is 0 Å². The Morgan fingerprint density at radius 2 is 0.800 bits per heavy atom. The Labute approximate surface area is 218 Å². The molecular weight excluding hydrogens is 558 g/mol. The third-order valence-electron chi connectivity index (χ3n) is 5.90. The number of benzene rings is 5. The quantitative estimate of drug-likeness (QED) is 0.175. The first-order valence-corrected chi connectivity index (χ1v) is 15.5. The molecule has 0 bridgehead atoms. The highest BCUT2D eigenvalue weighted by atomic mass is 127. The summed E-state index contributed by atoms with van der Waals surface area (Å²) in [5.41, 5.74) is 0.866. The summed E-state index contributed by atoms with van der Waals surface area (Å²) in [6.45, 7) is 0. The van der Waals surface area contributed by atoms with Crippen LogP contribution in [0.3, 0.4) is 0 Å². The van der Waals surface area contributed by atoms with Crippen molar-refractivity contribution < 1.29 is 26.3 Å². The number of halogens is 1. The van der Waals surface area contributed by atoms with Crippen LogP contribution in [0.25, 0.3) is 5.76 Å². The van der Waals surface area contributed by atoms with E-state index in [4.69, 9.17) is 0 Å². The minimum atomic E-state index is -2.37. The van der Waals surface area contributed by atoms with Crippen molar-refractivity contribution in [3.05, 3.63) is 164 Å². The van der Waals surface area contributed by atoms with E-state index >= 15 is 0 Å². The standard InChI is InChI=1S/C32H25IOP/c34-31(26-16-6-1-7-17-26)32(33-27-18-8-2-9-19-27)35(28-20-10-3-11-21-28,29-22-12-4-13-23-29)30-24-14-5-15-25-30/h1-25H/q+1/p+1/b32-31-. The summed E-state index contributed by atoms with van der Waals surface area (Å²) >= 11 is -0.693. The number of aliphatic hydroxyl groups is 1. The maximum Gasteiger partial charge on any atom is 0.404 e. The first-order chi connectivity index (χ1) is 17.3. The SMILES string of the molecule is O/C(=C(/[I+]c1ccccc1)[P+](c1ccccc1)(c1ccccc1)c1ccccc1)c1ccccc1. The van der Waals surface area contributed by atoms with E-state index < -0.39 is 28.5 Å². The van der Waals surface area contributed by atoms with Gasteiger partial charge in [-0.05, 0) is 48.5 Å². The highest BCUT2D eigenvalue weighted by molar-refractivity contribution is 7.98. The van der Waals surface area contributed by atoms with Gasteiger partial charge in [0.2, 0.25) is 5.76 Å². The van der Waals surface area contributed by atoms with Gasteiger partial charge in [-0.2, -0.15) is 0 Å². The van der Waals surface area contributed by atoms with Gasteiger partial charge in [-0.1, -0.05) is 103 Å². The van der Waals surface area contributed by atoms with Crippen LogP contribution in [-0.4, -0.2) is 5.11 Å². The topological polar surface area (TPSA) is 20.2 Å². The summed E-state index contributed by atoms with van der Waals surface area (Å²) in [6.07, 6.45) is 0. The zero-order chi connectivity index (χ0) is 23.9. The molecule has 3 heteroatoms. The summed E-state index contributed by atoms with van der Waals surface area (Å²) in [4.78, 5) is 0. The Morgan fingerprint density at radius 1 is 0.457 bits per heavy atom. The van der Waals surface area contributed by atoms with Crippen LogP contribution >= 0.6 is 7.26 Å². The van der Waals surface area contributed by atoms with Crippen molar-refractivity contribution in [2.75, 3.05) is 0 Å². The molecule has 0 aliphatic carbocycles. The predicted molar refractivity (Wildman–Crippen MR) is 146 cm³/mol. The van der Waals surface area contributed by atoms with Gasteiger partial charge < -0.3 is 5.11 Å². The first-order valence-electron chi connectivity index (χ1n) is 11.5. The van der Waals surface area contributed by atoms with E-state index in [9.17, 15) is 5.11 Å². The van der Waals surface area contributed by atoms with Crippen LogP contribution in [0.15, 0.2) is 155 Å². The van der Waals surface area contributed by atoms with E-state index in [-0.39, 0.29) is 0 Å². The van der Waals surface area contributed by atoms with Crippen LogP contribution in [0.2, 0.25) is 0 Å². The molecule has 0 aliphatic rings. The van der Waals surface area contributed by atoms with Gasteiger partial charge in [0.25, 0.3) is 0 Å². The van der Waals surface area contributed by atoms with Gasteiger partial charge in [-0.3, -0.25) is 0 Å². The van der Waals surface area contributed by atoms with E-state index in [1.54, 1.807) is 0 Å². The average Bonchev–Trinajstić information content (AvgIpc) is 2.95. The van der Waals surface area contributed by atoms with Crippen molar-refractivity contribution in [1.82, 2.24) is 0 Å². The molecular formula is C32H26IOP+2. The fourth-order valence-electron chi connectivity index (χ4n) is 4.31. The third kappa shape index (κ3) is 4.82. The van der Waals surface area contributed by atoms with E-state index in [0.29, 0.717) is 5.76 Å². The predicted octanol–water partition coefficient (Wildman–Crippen LogP) is 3.82. The van der Waals surface area contributed by atoms with Gasteiger partial charge in [0.15, 0.2) is 10.8 Å². The Hall–Kier alpha value is -3.20. The molecule has 0 fully saturated rings. The molecule has 0 aromatic heterocycles. The first kappa shape index (κ1) is 23.5. The fraction of sp³-hybridized carbons (Fsp3) is 0. The van der Waals surface area contributed by atoms with E-state index in [2.05, 4.69) is 121 Å². The summed E-state index contributed by atoms with van der Waals surface area (Å²) in [6, 6.07) is 53.0. The molecule has 5 aromatic carbocycles. The van der Waals surface area contributed by atoms with Crippen LogP contribution < -0.4 is 37.1 Å². The maximum atomic E-state index is 12.1. The van der Waals surface area contributed by atoms with Crippen LogP contribution in [0, 0.1) is 3.57 Å². The molecule has 0 saturated carbocycles. The van der Waals surface area contributed by atoms with Crippen LogP contribution in [0.5, 0.6) is 0 Å². The molecule has 0 aliphatic heterocycles. The number of hydrogen-bond donors (Lipinski definition) is 1. The lowest BCUT2D eigenvalue weighted by molar-refractivity contribution is -0.565. The third-order valence-corrected chi connectivity index (χ3v) is 15.0. The largest absolute Gasteiger partial charge is 0.501 e. The minimum absolute atomic E-state index is 0.409. The molecule has 170 valence electrons. The van der Waals surface area contributed by atoms with Gasteiger partial charge >= 0.3 is 24.5 Å². The highest BCUT2D eigenvalue weighted by Gasteiger charge is 2.59. The van der Waals surface area contributed by atoms with Crippen LogP contribution in [-0.2, 0) is 0 Å². The Kier molecular flexibility index (Phi) is 7.42. The molecule has 0 radical (unpaired) electrons. The zero-order valence-corrected chi connectivity index (χ0v) is 22.3. The molecule has 0 heterocycles. The van der Waals surface area contributed by atoms with Gasteiger partial charge in [0, 0.05) is 5.56 Å². The second-order valence-electron chi connectivity index (χ2n) is 8.07. The van der Waals surface area contributed by atoms with Gasteiger partial charge in [-0.15, -0.1) is 0 Å². The number of rotatable bonds is 7. The molecule has 1 nitrogen and oxygen atoms in total. The number of hydrogen-bond acceptors (Lipinski definition) is 1. The molecule has 5 rings (SSSR count). The molecule has 0 saturated heterocycles. The molecule has 35 heavy (non-hydrogen) atoms. The van der Waals surface area contributed by atoms with E-state index in [0.717, 1.165) is 8.88 Å². The molecule has 0 spiro atoms. The van der Waals surface area contributed by atoms with Crippen molar-refractivity contribution in [3.63, 3.8) is 0 Å². The minimum Gasteiger partial charge on any atom is -0.501 e. The Morgan fingerprint density at radius 3 is 1.20 bits per heavy atom. The molecule has 1 N–H and O–H groups in total. The van der Waals surface area contributed by atoms with Crippen molar-refractivity contribution in [2.45, 2.75) is 0 Å². The highest BCUT2D eigenvalue weighted by Crippen LogP contribution is 2.60. The van der Waals surface area contributed by atoms with E-state index in [1.807, 2.05) is 30.3 Å². The summed E-state index contributed by atoms with van der Waals surface area (Å²) < 4.78 is 2.45. The number of aliphatic hydroxyl groups excluding tert-OH is 1. The van der Waals surface area contributed by atoms with Crippen molar-refractivity contribution in [1.29, 1.82) is 0 Å². The van der Waals surface area contributed by atoms with E-state index in [1.165, 1.54) is 19.5 Å². The van der Waals surface area contributed by atoms with Crippen molar-refractivity contribution in [3.8, 4) is 0 Å². The molecule has 0 amide bonds. The van der Waals surface area contributed by atoms with Crippen LogP contribution in [0.4, 0.5) is 0 Å². The second-order valence-corrected chi connectivity index (χ2v) is 15.1. The summed E-state index contributed by atoms with van der Waals surface area (Å²) in [7, 11) is -2.37. The summed E-state index contributed by atoms with van der Waals surface area (Å²) in [5.74, 6) is 0.409. The normalized spacial score (nSPS) is 12.1. The summed E-state index contributed by atoms with van der Waals surface area (Å²) in [5, 5.41) is 15.9. The van der Waals surface area contributed by atoms with Crippen molar-refractivity contribution >= 4 is 28.9 Å². The smallest absolute Gasteiger partial charge is 0.404 e. The second kappa shape index (κ2) is 11.0. The average molecular weight is 584 g/mol.